The number of carboxylic acids is 1. The molecular formula is C12H16BrNO5S. The molecule has 1 aromatic rings. The van der Waals surface area contributed by atoms with Crippen molar-refractivity contribution in [2.75, 3.05) is 13.2 Å². The molecule has 0 amide bonds. The van der Waals surface area contributed by atoms with Crippen LogP contribution in [-0.4, -0.2) is 37.8 Å². The summed E-state index contributed by atoms with van der Waals surface area (Å²) < 4.78 is 26.9. The van der Waals surface area contributed by atoms with Crippen LogP contribution < -0.4 is 4.72 Å². The van der Waals surface area contributed by atoms with Gasteiger partial charge in [-0.1, -0.05) is 15.9 Å². The quantitative estimate of drug-likeness (QED) is 0.635. The van der Waals surface area contributed by atoms with Gasteiger partial charge in [-0.25, -0.2) is 17.9 Å². The number of carbonyl (C=O) groups is 1. The summed E-state index contributed by atoms with van der Waals surface area (Å²) in [5.41, 5.74) is 0.409. The Hall–Kier alpha value is -0.960. The van der Waals surface area contributed by atoms with Crippen LogP contribution in [-0.2, 0) is 10.0 Å². The first-order valence-corrected chi connectivity index (χ1v) is 8.21. The maximum atomic E-state index is 12.0. The van der Waals surface area contributed by atoms with Crippen molar-refractivity contribution >= 4 is 31.9 Å². The summed E-state index contributed by atoms with van der Waals surface area (Å²) in [4.78, 5) is 11.0. The fourth-order valence-corrected chi connectivity index (χ4v) is 3.30. The van der Waals surface area contributed by atoms with Gasteiger partial charge in [0.1, 0.15) is 0 Å². The maximum absolute atomic E-state index is 12.0. The molecule has 0 saturated heterocycles. The second-order valence-electron chi connectivity index (χ2n) is 4.21. The third-order valence-electron chi connectivity index (χ3n) is 2.74. The summed E-state index contributed by atoms with van der Waals surface area (Å²) in [7, 11) is -3.76. The number of aromatic carboxylic acids is 1. The van der Waals surface area contributed by atoms with Gasteiger partial charge >= 0.3 is 5.97 Å². The van der Waals surface area contributed by atoms with E-state index in [9.17, 15) is 13.2 Å². The zero-order chi connectivity index (χ0) is 15.3. The normalized spacial score (nSPS) is 11.6. The molecule has 0 bridgehead atoms. The number of hydrogen-bond acceptors (Lipinski definition) is 4. The van der Waals surface area contributed by atoms with E-state index in [4.69, 9.17) is 10.2 Å². The van der Waals surface area contributed by atoms with E-state index in [0.29, 0.717) is 22.9 Å². The van der Waals surface area contributed by atoms with Crippen molar-refractivity contribution in [2.24, 2.45) is 0 Å². The predicted octanol–water partition coefficient (Wildman–Crippen LogP) is 1.51. The highest BCUT2D eigenvalue weighted by Crippen LogP contribution is 2.24. The molecule has 0 heterocycles. The Labute approximate surface area is 126 Å². The van der Waals surface area contributed by atoms with Gasteiger partial charge in [0, 0.05) is 17.6 Å². The van der Waals surface area contributed by atoms with Crippen LogP contribution in [0.25, 0.3) is 0 Å². The molecule has 0 saturated carbocycles. The van der Waals surface area contributed by atoms with E-state index in [1.807, 2.05) is 0 Å². The number of unbranched alkanes of at least 4 members (excludes halogenated alkanes) is 1. The van der Waals surface area contributed by atoms with Crippen molar-refractivity contribution in [3.05, 3.63) is 27.7 Å². The lowest BCUT2D eigenvalue weighted by atomic mass is 10.1. The number of sulfonamides is 1. The minimum absolute atomic E-state index is 0.000962. The zero-order valence-corrected chi connectivity index (χ0v) is 13.3. The standard InChI is InChI=1S/C12H16BrNO5S/c1-8-10(12(16)17)6-9(7-11(8)13)20(18,19)14-4-2-3-5-15/h6-7,14-15H,2-5H2,1H3,(H,16,17). The van der Waals surface area contributed by atoms with Crippen LogP contribution in [0.5, 0.6) is 0 Å². The lowest BCUT2D eigenvalue weighted by Crippen LogP contribution is -2.25. The van der Waals surface area contributed by atoms with Crippen molar-refractivity contribution in [3.8, 4) is 0 Å². The molecule has 6 nitrogen and oxygen atoms in total. The van der Waals surface area contributed by atoms with Crippen LogP contribution >= 0.6 is 15.9 Å². The molecule has 112 valence electrons. The average molecular weight is 366 g/mol. The Morgan fingerprint density at radius 1 is 1.35 bits per heavy atom. The first-order chi connectivity index (χ1) is 9.29. The second kappa shape index (κ2) is 7.16. The molecule has 0 aromatic heterocycles. The third kappa shape index (κ3) is 4.27. The van der Waals surface area contributed by atoms with Crippen molar-refractivity contribution < 1.29 is 23.4 Å². The number of benzene rings is 1. The van der Waals surface area contributed by atoms with Crippen LogP contribution in [0.15, 0.2) is 21.5 Å². The number of carboxylic acid groups (broad SMARTS) is 1. The van der Waals surface area contributed by atoms with E-state index in [1.165, 1.54) is 6.07 Å². The minimum atomic E-state index is -3.76. The molecule has 0 atom stereocenters. The van der Waals surface area contributed by atoms with Crippen LogP contribution in [0.3, 0.4) is 0 Å². The summed E-state index contributed by atoms with van der Waals surface area (Å²) in [5.74, 6) is -1.18. The average Bonchev–Trinajstić information content (AvgIpc) is 2.37. The van der Waals surface area contributed by atoms with E-state index >= 15 is 0 Å². The number of nitrogens with one attached hydrogen (secondary N) is 1. The van der Waals surface area contributed by atoms with Gasteiger partial charge in [-0.15, -0.1) is 0 Å². The monoisotopic (exact) mass is 365 g/mol. The summed E-state index contributed by atoms with van der Waals surface area (Å²) in [6.45, 7) is 1.79. The summed E-state index contributed by atoms with van der Waals surface area (Å²) in [6.07, 6.45) is 1.01. The topological polar surface area (TPSA) is 104 Å². The molecule has 0 aliphatic carbocycles. The number of aliphatic hydroxyl groups is 1. The molecule has 8 heteroatoms. The molecule has 20 heavy (non-hydrogen) atoms. The fourth-order valence-electron chi connectivity index (χ4n) is 1.56. The first kappa shape index (κ1) is 17.1. The smallest absolute Gasteiger partial charge is 0.336 e. The van der Waals surface area contributed by atoms with Crippen molar-refractivity contribution in [1.82, 2.24) is 4.72 Å². The van der Waals surface area contributed by atoms with Gasteiger partial charge in [-0.2, -0.15) is 0 Å². The highest BCUT2D eigenvalue weighted by Gasteiger charge is 2.19. The number of aliphatic hydroxyl groups excluding tert-OH is 1. The van der Waals surface area contributed by atoms with Crippen LogP contribution in [0.4, 0.5) is 0 Å². The molecular weight excluding hydrogens is 350 g/mol. The lowest BCUT2D eigenvalue weighted by Gasteiger charge is -2.10. The molecule has 0 spiro atoms. The van der Waals surface area contributed by atoms with Crippen molar-refractivity contribution in [3.63, 3.8) is 0 Å². The molecule has 1 aromatic carbocycles. The number of rotatable bonds is 7. The van der Waals surface area contributed by atoms with Gasteiger partial charge in [0.05, 0.1) is 10.5 Å². The fraction of sp³-hybridized carbons (Fsp3) is 0.417. The second-order valence-corrected chi connectivity index (χ2v) is 6.83. The SMILES string of the molecule is Cc1c(Br)cc(S(=O)(=O)NCCCCO)cc1C(=O)O. The highest BCUT2D eigenvalue weighted by atomic mass is 79.9. The van der Waals surface area contributed by atoms with Gasteiger partial charge in [0.25, 0.3) is 0 Å². The van der Waals surface area contributed by atoms with Crippen molar-refractivity contribution in [2.45, 2.75) is 24.7 Å². The molecule has 0 radical (unpaired) electrons. The van der Waals surface area contributed by atoms with E-state index in [0.717, 1.165) is 6.07 Å². The Morgan fingerprint density at radius 2 is 2.00 bits per heavy atom. The number of hydrogen-bond donors (Lipinski definition) is 3. The summed E-state index contributed by atoms with van der Waals surface area (Å²) >= 11 is 3.16. The highest BCUT2D eigenvalue weighted by molar-refractivity contribution is 9.10. The van der Waals surface area contributed by atoms with Gasteiger partial charge < -0.3 is 10.2 Å². The van der Waals surface area contributed by atoms with Crippen LogP contribution in [0.2, 0.25) is 0 Å². The van der Waals surface area contributed by atoms with Crippen LogP contribution in [0, 0.1) is 6.92 Å². The Morgan fingerprint density at radius 3 is 2.55 bits per heavy atom. The molecule has 1 rings (SSSR count). The van der Waals surface area contributed by atoms with Gasteiger partial charge in [0.2, 0.25) is 10.0 Å². The zero-order valence-electron chi connectivity index (χ0n) is 10.9. The minimum Gasteiger partial charge on any atom is -0.478 e. The molecule has 0 aliphatic heterocycles. The van der Waals surface area contributed by atoms with E-state index in [2.05, 4.69) is 20.7 Å². The Bertz CT molecular complexity index is 600. The maximum Gasteiger partial charge on any atom is 0.336 e. The van der Waals surface area contributed by atoms with Gasteiger partial charge in [-0.05, 0) is 37.5 Å². The Kier molecular flexibility index (Phi) is 6.12. The number of halogens is 1. The van der Waals surface area contributed by atoms with E-state index in [-0.39, 0.29) is 23.6 Å². The lowest BCUT2D eigenvalue weighted by molar-refractivity contribution is 0.0695. The summed E-state index contributed by atoms with van der Waals surface area (Å²) in [5, 5.41) is 17.7. The summed E-state index contributed by atoms with van der Waals surface area (Å²) in [6, 6.07) is 2.51. The van der Waals surface area contributed by atoms with Crippen molar-refractivity contribution in [1.29, 1.82) is 0 Å². The van der Waals surface area contributed by atoms with Gasteiger partial charge in [0.15, 0.2) is 0 Å². The predicted molar refractivity (Wildman–Crippen MR) is 77.3 cm³/mol. The Balaban J connectivity index is 3.04. The van der Waals surface area contributed by atoms with Crippen LogP contribution in [0.1, 0.15) is 28.8 Å². The molecule has 0 unspecified atom stereocenters. The first-order valence-electron chi connectivity index (χ1n) is 5.93. The largest absolute Gasteiger partial charge is 0.478 e. The third-order valence-corrected chi connectivity index (χ3v) is 5.00. The van der Waals surface area contributed by atoms with E-state index in [1.54, 1.807) is 6.92 Å². The molecule has 3 N–H and O–H groups in total. The molecule has 0 fully saturated rings. The van der Waals surface area contributed by atoms with E-state index < -0.39 is 16.0 Å². The molecule has 0 aliphatic rings. The van der Waals surface area contributed by atoms with Gasteiger partial charge in [-0.3, -0.25) is 0 Å².